The molecule has 0 amide bonds. The molecule has 0 aromatic heterocycles. The highest BCUT2D eigenvalue weighted by molar-refractivity contribution is 5.41. The molecule has 2 heteroatoms. The van der Waals surface area contributed by atoms with Gasteiger partial charge in [0.2, 0.25) is 0 Å². The first kappa shape index (κ1) is 12.7. The van der Waals surface area contributed by atoms with Crippen LogP contribution in [0.25, 0.3) is 0 Å². The number of aliphatic hydroxyl groups excluding tert-OH is 1. The van der Waals surface area contributed by atoms with Gasteiger partial charge in [0.15, 0.2) is 0 Å². The molecule has 0 bridgehead atoms. The monoisotopic (exact) mass is 272 g/mol. The van der Waals surface area contributed by atoms with Gasteiger partial charge in [-0.05, 0) is 78.5 Å². The maximum Gasteiger partial charge on any atom is 0.115 e. The molecule has 1 aromatic rings. The van der Waals surface area contributed by atoms with Crippen molar-refractivity contribution in [1.29, 1.82) is 0 Å². The molecule has 3 aliphatic carbocycles. The van der Waals surface area contributed by atoms with Gasteiger partial charge in [0.05, 0.1) is 6.10 Å². The topological polar surface area (TPSA) is 40.5 Å². The number of rotatable bonds is 0. The second kappa shape index (κ2) is 4.24. The molecular formula is C18H24O2. The van der Waals surface area contributed by atoms with Gasteiger partial charge in [-0.2, -0.15) is 0 Å². The Morgan fingerprint density at radius 2 is 2.00 bits per heavy atom. The van der Waals surface area contributed by atoms with Gasteiger partial charge in [0, 0.05) is 0 Å². The zero-order valence-electron chi connectivity index (χ0n) is 12.2. The average molecular weight is 272 g/mol. The van der Waals surface area contributed by atoms with Gasteiger partial charge in [-0.25, -0.2) is 0 Å². The minimum absolute atomic E-state index is 0.280. The fourth-order valence-corrected chi connectivity index (χ4v) is 5.57. The first-order chi connectivity index (χ1) is 9.58. The number of hydrogen-bond donors (Lipinski definition) is 2. The summed E-state index contributed by atoms with van der Waals surface area (Å²) in [6.07, 6.45) is 7.17. The van der Waals surface area contributed by atoms with Crippen LogP contribution in [0, 0.1) is 17.3 Å². The highest BCUT2D eigenvalue weighted by atomic mass is 16.3. The van der Waals surface area contributed by atoms with Gasteiger partial charge in [-0.3, -0.25) is 0 Å². The van der Waals surface area contributed by atoms with E-state index in [-0.39, 0.29) is 11.9 Å². The van der Waals surface area contributed by atoms with Crippen LogP contribution in [0.4, 0.5) is 0 Å². The summed E-state index contributed by atoms with van der Waals surface area (Å²) < 4.78 is 0. The maximum absolute atomic E-state index is 10.5. The van der Waals surface area contributed by atoms with Crippen LogP contribution in [0.2, 0.25) is 0 Å². The van der Waals surface area contributed by atoms with Gasteiger partial charge >= 0.3 is 0 Å². The molecule has 0 heterocycles. The number of aliphatic hydroxyl groups is 1. The van der Waals surface area contributed by atoms with Crippen molar-refractivity contribution in [3.63, 3.8) is 0 Å². The maximum atomic E-state index is 10.5. The standard InChI is InChI=1S/C18H24O2/c1-18-7-2-3-16(18)14-10-17(20)15-9-11(19)4-5-12(15)13(14)6-8-18/h4-5,9,13-14,16-17,19-20H,2-3,6-8,10H2,1H3. The van der Waals surface area contributed by atoms with Gasteiger partial charge in [-0.1, -0.05) is 19.4 Å². The van der Waals surface area contributed by atoms with E-state index in [0.29, 0.717) is 17.3 Å². The van der Waals surface area contributed by atoms with Crippen LogP contribution in [0.15, 0.2) is 18.2 Å². The van der Waals surface area contributed by atoms with Crippen molar-refractivity contribution >= 4 is 0 Å². The van der Waals surface area contributed by atoms with Crippen LogP contribution in [-0.4, -0.2) is 10.2 Å². The Labute approximate surface area is 120 Å². The Kier molecular flexibility index (Phi) is 2.69. The quantitative estimate of drug-likeness (QED) is 0.745. The molecule has 1 aromatic carbocycles. The highest BCUT2D eigenvalue weighted by Crippen LogP contribution is 2.62. The van der Waals surface area contributed by atoms with Gasteiger partial charge in [-0.15, -0.1) is 0 Å². The Balaban J connectivity index is 1.76. The molecule has 5 unspecified atom stereocenters. The van der Waals surface area contributed by atoms with E-state index in [0.717, 1.165) is 17.9 Å². The fourth-order valence-electron chi connectivity index (χ4n) is 5.57. The summed E-state index contributed by atoms with van der Waals surface area (Å²) in [6, 6.07) is 5.62. The number of phenolic OH excluding ortho intramolecular Hbond substituents is 1. The van der Waals surface area contributed by atoms with E-state index >= 15 is 0 Å². The first-order valence-corrected chi connectivity index (χ1v) is 8.09. The summed E-state index contributed by atoms with van der Waals surface area (Å²) in [5, 5.41) is 20.2. The summed E-state index contributed by atoms with van der Waals surface area (Å²) in [7, 11) is 0. The van der Waals surface area contributed by atoms with Crippen LogP contribution in [0.1, 0.15) is 68.6 Å². The van der Waals surface area contributed by atoms with Gasteiger partial charge in [0.1, 0.15) is 5.75 Å². The number of hydrogen-bond acceptors (Lipinski definition) is 2. The lowest BCUT2D eigenvalue weighted by Crippen LogP contribution is -2.40. The molecule has 5 atom stereocenters. The third-order valence-corrected chi connectivity index (χ3v) is 6.54. The third kappa shape index (κ3) is 1.67. The molecule has 2 nitrogen and oxygen atoms in total. The molecule has 0 saturated heterocycles. The Bertz CT molecular complexity index is 538. The van der Waals surface area contributed by atoms with Crippen molar-refractivity contribution < 1.29 is 10.2 Å². The highest BCUT2D eigenvalue weighted by Gasteiger charge is 2.51. The Morgan fingerprint density at radius 3 is 2.85 bits per heavy atom. The fraction of sp³-hybridized carbons (Fsp3) is 0.667. The lowest BCUT2D eigenvalue weighted by atomic mass is 9.55. The summed E-state index contributed by atoms with van der Waals surface area (Å²) in [5.74, 6) is 2.31. The van der Waals surface area contributed by atoms with E-state index in [1.54, 1.807) is 12.1 Å². The van der Waals surface area contributed by atoms with Crippen LogP contribution in [0.5, 0.6) is 5.75 Å². The Morgan fingerprint density at radius 1 is 1.15 bits per heavy atom. The SMILES string of the molecule is CC12CCCC1C1CC(O)c3cc(O)ccc3C1CC2. The third-order valence-electron chi connectivity index (χ3n) is 6.54. The van der Waals surface area contributed by atoms with Crippen molar-refractivity contribution in [3.8, 4) is 5.75 Å². The van der Waals surface area contributed by atoms with Crippen molar-refractivity contribution in [1.82, 2.24) is 0 Å². The summed E-state index contributed by atoms with van der Waals surface area (Å²) in [5.41, 5.74) is 2.81. The number of benzene rings is 1. The largest absolute Gasteiger partial charge is 0.508 e. The van der Waals surface area contributed by atoms with E-state index in [2.05, 4.69) is 13.0 Å². The molecule has 3 aliphatic rings. The van der Waals surface area contributed by atoms with Crippen molar-refractivity contribution in [3.05, 3.63) is 29.3 Å². The first-order valence-electron chi connectivity index (χ1n) is 8.09. The zero-order chi connectivity index (χ0) is 13.9. The van der Waals surface area contributed by atoms with Crippen molar-refractivity contribution in [2.75, 3.05) is 0 Å². The lowest BCUT2D eigenvalue weighted by molar-refractivity contribution is 0.0180. The van der Waals surface area contributed by atoms with Crippen LogP contribution >= 0.6 is 0 Å². The average Bonchev–Trinajstić information content (AvgIpc) is 2.81. The molecule has 0 radical (unpaired) electrons. The van der Waals surface area contributed by atoms with Crippen molar-refractivity contribution in [2.24, 2.45) is 17.3 Å². The van der Waals surface area contributed by atoms with E-state index in [1.807, 2.05) is 0 Å². The minimum Gasteiger partial charge on any atom is -0.508 e. The zero-order valence-corrected chi connectivity index (χ0v) is 12.2. The van der Waals surface area contributed by atoms with Gasteiger partial charge in [0.25, 0.3) is 0 Å². The summed E-state index contributed by atoms with van der Waals surface area (Å²) >= 11 is 0. The summed E-state index contributed by atoms with van der Waals surface area (Å²) in [4.78, 5) is 0. The number of aromatic hydroxyl groups is 1. The normalized spacial score (nSPS) is 42.7. The smallest absolute Gasteiger partial charge is 0.115 e. The van der Waals surface area contributed by atoms with Crippen LogP contribution < -0.4 is 0 Å². The van der Waals surface area contributed by atoms with Gasteiger partial charge < -0.3 is 10.2 Å². The minimum atomic E-state index is -0.388. The van der Waals surface area contributed by atoms with E-state index in [1.165, 1.54) is 37.7 Å². The number of phenols is 1. The molecule has 2 fully saturated rings. The molecule has 108 valence electrons. The van der Waals surface area contributed by atoms with Crippen LogP contribution in [0.3, 0.4) is 0 Å². The second-order valence-corrected chi connectivity index (χ2v) is 7.53. The number of fused-ring (bicyclic) bond motifs is 5. The van der Waals surface area contributed by atoms with E-state index in [4.69, 9.17) is 0 Å². The van der Waals surface area contributed by atoms with E-state index in [9.17, 15) is 10.2 Å². The Hall–Kier alpha value is -1.02. The predicted octanol–water partition coefficient (Wildman–Crippen LogP) is 4.13. The summed E-state index contributed by atoms with van der Waals surface area (Å²) in [6.45, 7) is 2.47. The molecule has 0 aliphatic heterocycles. The second-order valence-electron chi connectivity index (χ2n) is 7.53. The molecule has 2 saturated carbocycles. The van der Waals surface area contributed by atoms with Crippen molar-refractivity contribution in [2.45, 2.75) is 57.5 Å². The lowest BCUT2D eigenvalue weighted by Gasteiger charge is -2.50. The molecular weight excluding hydrogens is 248 g/mol. The molecule has 20 heavy (non-hydrogen) atoms. The van der Waals surface area contributed by atoms with E-state index < -0.39 is 0 Å². The van der Waals surface area contributed by atoms with Crippen LogP contribution in [-0.2, 0) is 0 Å². The molecule has 4 rings (SSSR count). The molecule has 2 N–H and O–H groups in total. The molecule has 0 spiro atoms. The predicted molar refractivity (Wildman–Crippen MR) is 78.6 cm³/mol.